The molecule has 0 aromatic heterocycles. The van der Waals surface area contributed by atoms with Crippen LogP contribution in [0.25, 0.3) is 11.1 Å². The number of hydrogen-bond acceptors (Lipinski definition) is 2. The van der Waals surface area contributed by atoms with E-state index >= 15 is 0 Å². The van der Waals surface area contributed by atoms with Crippen LogP contribution < -0.4 is 9.47 Å². The molecule has 136 valence electrons. The normalized spacial score (nSPS) is 12.4. The van der Waals surface area contributed by atoms with Crippen molar-refractivity contribution in [3.8, 4) is 22.6 Å². The second kappa shape index (κ2) is 6.77. The number of rotatable bonds is 4. The molecule has 2 nitrogen and oxygen atoms in total. The fraction of sp³-hybridized carbons (Fsp3) is 0.200. The first-order valence-corrected chi connectivity index (χ1v) is 6.48. The number of halogens is 8. The highest BCUT2D eigenvalue weighted by atomic mass is 19.4. The number of alkyl halides is 8. The van der Waals surface area contributed by atoms with E-state index in [-0.39, 0.29) is 5.56 Å². The molecule has 0 saturated carbocycles. The summed E-state index contributed by atoms with van der Waals surface area (Å²) in [5, 5.41) is 0. The second-order valence-corrected chi connectivity index (χ2v) is 4.66. The molecule has 0 fully saturated rings. The van der Waals surface area contributed by atoms with Crippen LogP contribution in [0.2, 0.25) is 0 Å². The van der Waals surface area contributed by atoms with Crippen LogP contribution in [0.3, 0.4) is 0 Å². The van der Waals surface area contributed by atoms with Crippen molar-refractivity contribution in [3.63, 3.8) is 0 Å². The lowest BCUT2D eigenvalue weighted by molar-refractivity contribution is -0.274. The first-order valence-electron chi connectivity index (χ1n) is 6.48. The van der Waals surface area contributed by atoms with Crippen molar-refractivity contribution in [1.82, 2.24) is 0 Å². The minimum Gasteiger partial charge on any atom is -0.435 e. The van der Waals surface area contributed by atoms with Gasteiger partial charge in [0.1, 0.15) is 11.5 Å². The van der Waals surface area contributed by atoms with Crippen molar-refractivity contribution in [1.29, 1.82) is 0 Å². The van der Waals surface area contributed by atoms with Crippen molar-refractivity contribution in [3.05, 3.63) is 48.0 Å². The second-order valence-electron chi connectivity index (χ2n) is 4.66. The molecule has 0 bridgehead atoms. The molecule has 0 atom stereocenters. The van der Waals surface area contributed by atoms with Crippen molar-refractivity contribution in [2.45, 2.75) is 19.2 Å². The fourth-order valence-corrected chi connectivity index (χ4v) is 2.02. The SMILES string of the molecule is FC(F)Oc1ccc(-c2ccc(OC(F)(F)F)cc2)c(C(F)(F)F)c1. The fourth-order valence-electron chi connectivity index (χ4n) is 2.02. The molecule has 0 N–H and O–H groups in total. The van der Waals surface area contributed by atoms with Crippen LogP contribution in [-0.4, -0.2) is 13.0 Å². The molecule has 0 aliphatic carbocycles. The molecule has 2 rings (SSSR count). The monoisotopic (exact) mass is 372 g/mol. The van der Waals surface area contributed by atoms with Gasteiger partial charge >= 0.3 is 19.2 Å². The molecule has 0 aliphatic rings. The summed E-state index contributed by atoms with van der Waals surface area (Å²) in [4.78, 5) is 0. The lowest BCUT2D eigenvalue weighted by atomic mass is 9.99. The standard InChI is InChI=1S/C15H8F8O2/c16-13(17)24-10-5-6-11(12(7-10)14(18,19)20)8-1-3-9(4-2-8)25-15(21,22)23/h1-7,13H. The molecule has 0 unspecified atom stereocenters. The third-order valence-corrected chi connectivity index (χ3v) is 2.92. The minimum atomic E-state index is -4.94. The summed E-state index contributed by atoms with van der Waals surface area (Å²) >= 11 is 0. The molecular weight excluding hydrogens is 364 g/mol. The molecule has 0 amide bonds. The summed E-state index contributed by atoms with van der Waals surface area (Å²) in [6.45, 7) is -3.30. The van der Waals surface area contributed by atoms with E-state index in [2.05, 4.69) is 9.47 Å². The minimum absolute atomic E-state index is 0.0783. The van der Waals surface area contributed by atoms with E-state index in [0.29, 0.717) is 6.07 Å². The van der Waals surface area contributed by atoms with Crippen LogP contribution in [-0.2, 0) is 6.18 Å². The van der Waals surface area contributed by atoms with Crippen LogP contribution in [0.5, 0.6) is 11.5 Å². The lowest BCUT2D eigenvalue weighted by Crippen LogP contribution is -2.17. The average molecular weight is 372 g/mol. The highest BCUT2D eigenvalue weighted by Crippen LogP contribution is 2.40. The van der Waals surface area contributed by atoms with Crippen LogP contribution in [0, 0.1) is 0 Å². The van der Waals surface area contributed by atoms with Crippen LogP contribution in [0.1, 0.15) is 5.56 Å². The molecule has 0 aliphatic heterocycles. The zero-order valence-corrected chi connectivity index (χ0v) is 12.0. The van der Waals surface area contributed by atoms with E-state index in [4.69, 9.17) is 0 Å². The maximum atomic E-state index is 13.1. The topological polar surface area (TPSA) is 18.5 Å². The van der Waals surface area contributed by atoms with Crippen molar-refractivity contribution in [2.24, 2.45) is 0 Å². The van der Waals surface area contributed by atoms with Gasteiger partial charge < -0.3 is 9.47 Å². The molecule has 0 saturated heterocycles. The summed E-state index contributed by atoms with van der Waals surface area (Å²) in [6, 6.07) is 5.83. The van der Waals surface area contributed by atoms with E-state index in [1.54, 1.807) is 0 Å². The summed E-state index contributed by atoms with van der Waals surface area (Å²) < 4.78 is 108. The maximum Gasteiger partial charge on any atom is 0.573 e. The molecular formula is C15H8F8O2. The maximum absolute atomic E-state index is 13.1. The van der Waals surface area contributed by atoms with Gasteiger partial charge in [-0.3, -0.25) is 0 Å². The van der Waals surface area contributed by atoms with Gasteiger partial charge in [-0.1, -0.05) is 18.2 Å². The predicted octanol–water partition coefficient (Wildman–Crippen LogP) is 5.87. The van der Waals surface area contributed by atoms with E-state index in [1.807, 2.05) is 0 Å². The summed E-state index contributed by atoms with van der Waals surface area (Å²) in [7, 11) is 0. The smallest absolute Gasteiger partial charge is 0.435 e. The van der Waals surface area contributed by atoms with Gasteiger partial charge in [0.25, 0.3) is 0 Å². The third-order valence-electron chi connectivity index (χ3n) is 2.92. The Kier molecular flexibility index (Phi) is 5.09. The van der Waals surface area contributed by atoms with E-state index in [1.165, 1.54) is 0 Å². The van der Waals surface area contributed by atoms with Gasteiger partial charge in [0, 0.05) is 0 Å². The Morgan fingerprint density at radius 2 is 1.32 bits per heavy atom. The Hall–Kier alpha value is -2.52. The van der Waals surface area contributed by atoms with Gasteiger partial charge in [0.2, 0.25) is 0 Å². The Balaban J connectivity index is 2.40. The Labute approximate surface area is 135 Å². The van der Waals surface area contributed by atoms with Gasteiger partial charge in [-0.05, 0) is 35.4 Å². The lowest BCUT2D eigenvalue weighted by Gasteiger charge is -2.15. The van der Waals surface area contributed by atoms with Crippen molar-refractivity contribution in [2.75, 3.05) is 0 Å². The zero-order valence-electron chi connectivity index (χ0n) is 12.0. The molecule has 10 heteroatoms. The predicted molar refractivity (Wildman–Crippen MR) is 70.2 cm³/mol. The molecule has 0 spiro atoms. The van der Waals surface area contributed by atoms with E-state index < -0.39 is 41.8 Å². The average Bonchev–Trinajstić information content (AvgIpc) is 2.45. The first kappa shape index (κ1) is 18.8. The van der Waals surface area contributed by atoms with Gasteiger partial charge in [0.05, 0.1) is 5.56 Å². The quantitative estimate of drug-likeness (QED) is 0.625. The van der Waals surface area contributed by atoms with Gasteiger partial charge in [-0.2, -0.15) is 22.0 Å². The molecule has 25 heavy (non-hydrogen) atoms. The Bertz CT molecular complexity index is 720. The third kappa shape index (κ3) is 5.23. The largest absolute Gasteiger partial charge is 0.573 e. The Morgan fingerprint density at radius 1 is 0.760 bits per heavy atom. The molecule has 2 aromatic carbocycles. The Morgan fingerprint density at radius 3 is 1.80 bits per heavy atom. The van der Waals surface area contributed by atoms with E-state index in [9.17, 15) is 35.1 Å². The van der Waals surface area contributed by atoms with Crippen molar-refractivity contribution >= 4 is 0 Å². The summed E-state index contributed by atoms with van der Waals surface area (Å²) in [5.74, 6) is -1.30. The van der Waals surface area contributed by atoms with Crippen LogP contribution in [0.4, 0.5) is 35.1 Å². The van der Waals surface area contributed by atoms with E-state index in [0.717, 1.165) is 36.4 Å². The molecule has 0 radical (unpaired) electrons. The molecule has 0 heterocycles. The summed E-state index contributed by atoms with van der Waals surface area (Å²) in [5.41, 5.74) is -1.76. The molecule has 2 aromatic rings. The van der Waals surface area contributed by atoms with Crippen molar-refractivity contribution < 1.29 is 44.6 Å². The van der Waals surface area contributed by atoms with Gasteiger partial charge in [0.15, 0.2) is 0 Å². The highest BCUT2D eigenvalue weighted by molar-refractivity contribution is 5.69. The van der Waals surface area contributed by atoms with Gasteiger partial charge in [-0.25, -0.2) is 0 Å². The first-order chi connectivity index (χ1) is 11.5. The van der Waals surface area contributed by atoms with Crippen LogP contribution in [0.15, 0.2) is 42.5 Å². The number of benzene rings is 2. The summed E-state index contributed by atoms with van der Waals surface area (Å²) in [6.07, 6.45) is -9.83. The van der Waals surface area contributed by atoms with Crippen LogP contribution >= 0.6 is 0 Å². The highest BCUT2D eigenvalue weighted by Gasteiger charge is 2.35. The zero-order chi connectivity index (χ0) is 18.8. The number of ether oxygens (including phenoxy) is 2. The number of hydrogen-bond donors (Lipinski definition) is 0. The van der Waals surface area contributed by atoms with Gasteiger partial charge in [-0.15, -0.1) is 13.2 Å².